The summed E-state index contributed by atoms with van der Waals surface area (Å²) in [4.78, 5) is 38.8. The Labute approximate surface area is 162 Å². The topological polar surface area (TPSA) is 78.5 Å². The molecule has 1 heterocycles. The Balaban J connectivity index is 1.71. The number of nitrogens with zero attached hydrogens (tertiary/aromatic N) is 1. The largest absolute Gasteiger partial charge is 0.350 e. The number of carbonyl (C=O) groups is 3. The van der Waals surface area contributed by atoms with Gasteiger partial charge in [0.05, 0.1) is 17.2 Å². The van der Waals surface area contributed by atoms with Crippen molar-refractivity contribution < 1.29 is 18.8 Å². The van der Waals surface area contributed by atoms with Crippen LogP contribution in [0.25, 0.3) is 0 Å². The predicted octanol–water partition coefficient (Wildman–Crippen LogP) is 2.96. The average molecular weight is 383 g/mol. The van der Waals surface area contributed by atoms with Crippen molar-refractivity contribution in [1.29, 1.82) is 0 Å². The summed E-state index contributed by atoms with van der Waals surface area (Å²) in [7, 11) is 0. The van der Waals surface area contributed by atoms with Gasteiger partial charge >= 0.3 is 0 Å². The van der Waals surface area contributed by atoms with Gasteiger partial charge in [-0.25, -0.2) is 4.39 Å². The summed E-state index contributed by atoms with van der Waals surface area (Å²) >= 11 is 0. The number of halogens is 1. The Bertz CT molecular complexity index is 896. The van der Waals surface area contributed by atoms with Gasteiger partial charge in [0.25, 0.3) is 5.91 Å². The zero-order valence-electron chi connectivity index (χ0n) is 15.7. The van der Waals surface area contributed by atoms with Gasteiger partial charge in [0.15, 0.2) is 0 Å². The van der Waals surface area contributed by atoms with Crippen LogP contribution >= 0.6 is 0 Å². The summed E-state index contributed by atoms with van der Waals surface area (Å²) in [5.41, 5.74) is 1.32. The van der Waals surface area contributed by atoms with E-state index in [0.29, 0.717) is 16.9 Å². The first-order chi connectivity index (χ1) is 13.3. The molecule has 1 aliphatic rings. The molecule has 28 heavy (non-hydrogen) atoms. The van der Waals surface area contributed by atoms with Gasteiger partial charge in [0.2, 0.25) is 11.8 Å². The number of hydrogen-bond acceptors (Lipinski definition) is 3. The third kappa shape index (κ3) is 4.36. The van der Waals surface area contributed by atoms with Crippen LogP contribution in [-0.4, -0.2) is 30.3 Å². The number of nitrogens with one attached hydrogen (secondary N) is 2. The molecule has 0 aromatic heterocycles. The molecule has 1 aliphatic heterocycles. The molecule has 2 aromatic carbocycles. The molecule has 0 unspecified atom stereocenters. The third-order valence-corrected chi connectivity index (χ3v) is 4.48. The van der Waals surface area contributed by atoms with E-state index in [-0.39, 0.29) is 42.5 Å². The number of carbonyl (C=O) groups excluding carboxylic acids is 3. The fraction of sp³-hybridized carbons (Fsp3) is 0.286. The predicted molar refractivity (Wildman–Crippen MR) is 105 cm³/mol. The first-order valence-electron chi connectivity index (χ1n) is 9.12. The van der Waals surface area contributed by atoms with Crippen LogP contribution in [0.1, 0.15) is 30.6 Å². The van der Waals surface area contributed by atoms with Crippen molar-refractivity contribution in [1.82, 2.24) is 5.32 Å². The quantitative estimate of drug-likeness (QED) is 0.833. The van der Waals surface area contributed by atoms with E-state index in [0.717, 1.165) is 0 Å². The lowest BCUT2D eigenvalue weighted by Gasteiger charge is -2.17. The van der Waals surface area contributed by atoms with Crippen LogP contribution in [0.3, 0.4) is 0 Å². The molecule has 0 spiro atoms. The number of rotatable bonds is 5. The lowest BCUT2D eigenvalue weighted by atomic mass is 10.1. The number of para-hydroxylation sites is 1. The molecule has 0 aliphatic carbocycles. The van der Waals surface area contributed by atoms with Crippen molar-refractivity contribution in [3.63, 3.8) is 0 Å². The molecule has 3 rings (SSSR count). The Morgan fingerprint density at radius 1 is 1.11 bits per heavy atom. The van der Waals surface area contributed by atoms with Gasteiger partial charge in [-0.2, -0.15) is 0 Å². The second-order valence-corrected chi connectivity index (χ2v) is 7.04. The van der Waals surface area contributed by atoms with Crippen LogP contribution in [0, 0.1) is 11.7 Å². The van der Waals surface area contributed by atoms with E-state index < -0.39 is 5.92 Å². The average Bonchev–Trinajstić information content (AvgIpc) is 3.04. The Kier molecular flexibility index (Phi) is 5.73. The second kappa shape index (κ2) is 8.21. The van der Waals surface area contributed by atoms with Crippen LogP contribution in [-0.2, 0) is 9.59 Å². The molecule has 1 fully saturated rings. The molecule has 2 aromatic rings. The second-order valence-electron chi connectivity index (χ2n) is 7.04. The highest BCUT2D eigenvalue weighted by molar-refractivity contribution is 6.07. The van der Waals surface area contributed by atoms with E-state index in [2.05, 4.69) is 10.6 Å². The minimum Gasteiger partial charge on any atom is -0.350 e. The van der Waals surface area contributed by atoms with E-state index >= 15 is 0 Å². The SMILES string of the molecule is CC(C)NC(=O)c1ccccc1NC(=O)[C@H]1CC(=O)N(c2ccc(F)cc2)C1. The summed E-state index contributed by atoms with van der Waals surface area (Å²) in [6.45, 7) is 3.91. The molecule has 6 nitrogen and oxygen atoms in total. The molecule has 7 heteroatoms. The molecule has 0 bridgehead atoms. The number of benzene rings is 2. The van der Waals surface area contributed by atoms with E-state index in [1.807, 2.05) is 13.8 Å². The van der Waals surface area contributed by atoms with Crippen molar-refractivity contribution in [2.24, 2.45) is 5.92 Å². The highest BCUT2D eigenvalue weighted by Gasteiger charge is 2.35. The maximum atomic E-state index is 13.1. The summed E-state index contributed by atoms with van der Waals surface area (Å²) < 4.78 is 13.1. The highest BCUT2D eigenvalue weighted by atomic mass is 19.1. The Morgan fingerprint density at radius 2 is 1.79 bits per heavy atom. The van der Waals surface area contributed by atoms with Crippen molar-refractivity contribution in [2.75, 3.05) is 16.8 Å². The summed E-state index contributed by atoms with van der Waals surface area (Å²) in [5.74, 6) is -1.75. The van der Waals surface area contributed by atoms with E-state index in [1.165, 1.54) is 29.2 Å². The fourth-order valence-corrected chi connectivity index (χ4v) is 3.12. The molecule has 0 radical (unpaired) electrons. The molecule has 3 amide bonds. The van der Waals surface area contributed by atoms with Crippen molar-refractivity contribution >= 4 is 29.1 Å². The normalized spacial score (nSPS) is 16.4. The molecular formula is C21H22FN3O3. The standard InChI is InChI=1S/C21H22FN3O3/c1-13(2)23-21(28)17-5-3-4-6-18(17)24-20(27)14-11-19(26)25(12-14)16-9-7-15(22)8-10-16/h3-10,13-14H,11-12H2,1-2H3,(H,23,28)(H,24,27)/t14-/m0/s1. The van der Waals surface area contributed by atoms with Crippen LogP contribution < -0.4 is 15.5 Å². The number of hydrogen-bond donors (Lipinski definition) is 2. The van der Waals surface area contributed by atoms with E-state index in [4.69, 9.17) is 0 Å². The maximum Gasteiger partial charge on any atom is 0.253 e. The highest BCUT2D eigenvalue weighted by Crippen LogP contribution is 2.26. The summed E-state index contributed by atoms with van der Waals surface area (Å²) in [5, 5.41) is 5.57. The van der Waals surface area contributed by atoms with Crippen LogP contribution in [0.15, 0.2) is 48.5 Å². The lowest BCUT2D eigenvalue weighted by molar-refractivity contribution is -0.122. The van der Waals surface area contributed by atoms with Crippen LogP contribution in [0.4, 0.5) is 15.8 Å². The monoisotopic (exact) mass is 383 g/mol. The number of amides is 3. The van der Waals surface area contributed by atoms with Crippen molar-refractivity contribution in [2.45, 2.75) is 26.3 Å². The summed E-state index contributed by atoms with van der Waals surface area (Å²) in [6, 6.07) is 12.3. The third-order valence-electron chi connectivity index (χ3n) is 4.48. The number of anilines is 2. The molecule has 2 N–H and O–H groups in total. The molecule has 1 saturated heterocycles. The fourth-order valence-electron chi connectivity index (χ4n) is 3.12. The van der Waals surface area contributed by atoms with Gasteiger partial charge < -0.3 is 15.5 Å². The Morgan fingerprint density at radius 3 is 2.46 bits per heavy atom. The molecule has 1 atom stereocenters. The zero-order valence-corrected chi connectivity index (χ0v) is 15.7. The maximum absolute atomic E-state index is 13.1. The van der Waals surface area contributed by atoms with Crippen molar-refractivity contribution in [3.05, 3.63) is 59.9 Å². The van der Waals surface area contributed by atoms with E-state index in [9.17, 15) is 18.8 Å². The van der Waals surface area contributed by atoms with Gasteiger partial charge in [0.1, 0.15) is 5.82 Å². The van der Waals surface area contributed by atoms with Gasteiger partial charge in [-0.1, -0.05) is 12.1 Å². The molecular weight excluding hydrogens is 361 g/mol. The van der Waals surface area contributed by atoms with Crippen LogP contribution in [0.5, 0.6) is 0 Å². The van der Waals surface area contributed by atoms with Gasteiger partial charge in [-0.15, -0.1) is 0 Å². The minimum atomic E-state index is -0.557. The van der Waals surface area contributed by atoms with Crippen molar-refractivity contribution in [3.8, 4) is 0 Å². The van der Waals surface area contributed by atoms with Gasteiger partial charge in [-0.3, -0.25) is 14.4 Å². The molecule has 146 valence electrons. The zero-order chi connectivity index (χ0) is 20.3. The minimum absolute atomic E-state index is 0.0343. The Hall–Kier alpha value is -3.22. The first kappa shape index (κ1) is 19.5. The smallest absolute Gasteiger partial charge is 0.253 e. The van der Waals surface area contributed by atoms with E-state index in [1.54, 1.807) is 24.3 Å². The molecule has 0 saturated carbocycles. The van der Waals surface area contributed by atoms with Gasteiger partial charge in [0, 0.05) is 24.7 Å². The summed E-state index contributed by atoms with van der Waals surface area (Å²) in [6.07, 6.45) is 0.0591. The lowest BCUT2D eigenvalue weighted by Crippen LogP contribution is -2.32. The first-order valence-corrected chi connectivity index (χ1v) is 9.12. The van der Waals surface area contributed by atoms with Gasteiger partial charge in [-0.05, 0) is 50.2 Å². The van der Waals surface area contributed by atoms with Crippen LogP contribution in [0.2, 0.25) is 0 Å².